The van der Waals surface area contributed by atoms with Crippen molar-refractivity contribution in [1.29, 1.82) is 5.26 Å². The predicted molar refractivity (Wildman–Crippen MR) is 113 cm³/mol. The van der Waals surface area contributed by atoms with Crippen LogP contribution in [0.1, 0.15) is 76.0 Å². The number of benzene rings is 1. The molecule has 0 unspecified atom stereocenters. The van der Waals surface area contributed by atoms with Crippen molar-refractivity contribution in [3.63, 3.8) is 0 Å². The highest BCUT2D eigenvalue weighted by Crippen LogP contribution is 2.37. The number of rotatable bonds is 11. The molecule has 0 atom stereocenters. The third-order valence-corrected chi connectivity index (χ3v) is 4.29. The van der Waals surface area contributed by atoms with Crippen molar-refractivity contribution in [2.75, 3.05) is 13.2 Å². The van der Waals surface area contributed by atoms with Gasteiger partial charge in [0, 0.05) is 0 Å². The number of hydrogen-bond acceptors (Lipinski definition) is 6. The number of ether oxygens (including phenoxy) is 3. The Hall–Kier alpha value is -2.81. The van der Waals surface area contributed by atoms with Gasteiger partial charge in [-0.2, -0.15) is 15.2 Å². The normalized spacial score (nSPS) is 10.7. The smallest absolute Gasteiger partial charge is 0.323 e. The second-order valence-electron chi connectivity index (χ2n) is 7.34. The van der Waals surface area contributed by atoms with Crippen molar-refractivity contribution in [2.24, 2.45) is 0 Å². The molecule has 6 nitrogen and oxygen atoms in total. The van der Waals surface area contributed by atoms with Gasteiger partial charge in [0.25, 0.3) is 0 Å². The molecule has 1 aromatic heterocycles. The van der Waals surface area contributed by atoms with Gasteiger partial charge in [-0.25, -0.2) is 0 Å². The van der Waals surface area contributed by atoms with Crippen molar-refractivity contribution < 1.29 is 14.2 Å². The van der Waals surface area contributed by atoms with Crippen LogP contribution >= 0.6 is 0 Å². The van der Waals surface area contributed by atoms with Gasteiger partial charge >= 0.3 is 6.01 Å². The molecule has 0 aliphatic carbocycles. The summed E-state index contributed by atoms with van der Waals surface area (Å²) in [6.07, 6.45) is 3.91. The Morgan fingerprint density at radius 3 is 2.24 bits per heavy atom. The van der Waals surface area contributed by atoms with Gasteiger partial charge in [0.1, 0.15) is 5.75 Å². The number of nitriles is 1. The minimum atomic E-state index is 0.0894. The topological polar surface area (TPSA) is 77.3 Å². The molecular formula is C23H31N3O3. The van der Waals surface area contributed by atoms with Gasteiger partial charge in [0.2, 0.25) is 11.8 Å². The van der Waals surface area contributed by atoms with Crippen LogP contribution in [-0.2, 0) is 0 Å². The van der Waals surface area contributed by atoms with Crippen molar-refractivity contribution >= 4 is 0 Å². The molecule has 0 bridgehead atoms. The van der Waals surface area contributed by atoms with Crippen molar-refractivity contribution in [1.82, 2.24) is 9.97 Å². The Labute approximate surface area is 173 Å². The molecule has 29 heavy (non-hydrogen) atoms. The van der Waals surface area contributed by atoms with Gasteiger partial charge < -0.3 is 14.2 Å². The zero-order valence-electron chi connectivity index (χ0n) is 18.1. The summed E-state index contributed by atoms with van der Waals surface area (Å²) in [5, 5.41) is 9.25. The Kier molecular flexibility index (Phi) is 8.72. The molecule has 0 spiro atoms. The fourth-order valence-electron chi connectivity index (χ4n) is 2.76. The lowest BCUT2D eigenvalue weighted by atomic mass is 10.1. The highest BCUT2D eigenvalue weighted by molar-refractivity contribution is 5.45. The summed E-state index contributed by atoms with van der Waals surface area (Å²) in [5.74, 6) is 1.55. The molecule has 0 amide bonds. The summed E-state index contributed by atoms with van der Waals surface area (Å²) in [7, 11) is 0. The summed E-state index contributed by atoms with van der Waals surface area (Å²) < 4.78 is 17.8. The van der Waals surface area contributed by atoms with Gasteiger partial charge in [0.05, 0.1) is 30.4 Å². The van der Waals surface area contributed by atoms with Crippen LogP contribution in [0.4, 0.5) is 0 Å². The number of aromatic nitrogens is 2. The predicted octanol–water partition coefficient (Wildman–Crippen LogP) is 5.93. The molecule has 0 saturated carbocycles. The first kappa shape index (κ1) is 22.5. The summed E-state index contributed by atoms with van der Waals surface area (Å²) in [6.45, 7) is 11.4. The average Bonchev–Trinajstić information content (AvgIpc) is 2.67. The van der Waals surface area contributed by atoms with E-state index in [1.165, 1.54) is 0 Å². The average molecular weight is 398 g/mol. The lowest BCUT2D eigenvalue weighted by Crippen LogP contribution is -2.10. The molecule has 2 aromatic rings. The van der Waals surface area contributed by atoms with Gasteiger partial charge in [-0.05, 0) is 49.4 Å². The van der Waals surface area contributed by atoms with Crippen LogP contribution in [0.15, 0.2) is 18.2 Å². The lowest BCUT2D eigenvalue weighted by Gasteiger charge is -2.18. The standard InChI is InChI=1S/C23H31N3O3/c1-6-8-10-27-21-20(16(3)4)22(26-23(25-21)28-11-9-7-2)29-19-13-17(5)12-18(14-19)15-24/h12-14,16H,6-11H2,1-5H3. The molecule has 2 rings (SSSR count). The largest absolute Gasteiger partial charge is 0.477 e. The van der Waals surface area contributed by atoms with Crippen LogP contribution in [0.5, 0.6) is 23.5 Å². The third-order valence-electron chi connectivity index (χ3n) is 4.29. The fraction of sp³-hybridized carbons (Fsp3) is 0.522. The van der Waals surface area contributed by atoms with Crippen LogP contribution in [-0.4, -0.2) is 23.2 Å². The van der Waals surface area contributed by atoms with E-state index in [1.54, 1.807) is 6.07 Å². The molecule has 1 aromatic carbocycles. The monoisotopic (exact) mass is 397 g/mol. The molecule has 0 N–H and O–H groups in total. The Balaban J connectivity index is 2.45. The summed E-state index contributed by atoms with van der Waals surface area (Å²) in [4.78, 5) is 9.02. The molecule has 0 aliphatic rings. The molecule has 1 heterocycles. The van der Waals surface area contributed by atoms with Crippen LogP contribution in [0.2, 0.25) is 0 Å². The number of aryl methyl sites for hydroxylation is 1. The molecule has 0 saturated heterocycles. The first-order valence-corrected chi connectivity index (χ1v) is 10.4. The second-order valence-corrected chi connectivity index (χ2v) is 7.34. The molecule has 0 radical (unpaired) electrons. The lowest BCUT2D eigenvalue weighted by molar-refractivity contribution is 0.255. The molecule has 0 aliphatic heterocycles. The zero-order valence-corrected chi connectivity index (χ0v) is 18.1. The maximum Gasteiger partial charge on any atom is 0.323 e. The second kappa shape index (κ2) is 11.3. The van der Waals surface area contributed by atoms with Crippen molar-refractivity contribution in [3.05, 3.63) is 34.9 Å². The summed E-state index contributed by atoms with van der Waals surface area (Å²) >= 11 is 0. The maximum atomic E-state index is 9.25. The Morgan fingerprint density at radius 1 is 0.966 bits per heavy atom. The SMILES string of the molecule is CCCCOc1nc(OCCCC)c(C(C)C)c(Oc2cc(C)cc(C#N)c2)n1. The van der Waals surface area contributed by atoms with Crippen LogP contribution in [0, 0.1) is 18.3 Å². The minimum absolute atomic E-state index is 0.0894. The van der Waals surface area contributed by atoms with E-state index in [9.17, 15) is 5.26 Å². The van der Waals surface area contributed by atoms with Gasteiger partial charge in [-0.15, -0.1) is 0 Å². The first-order valence-electron chi connectivity index (χ1n) is 10.4. The summed E-state index contributed by atoms with van der Waals surface area (Å²) in [6, 6.07) is 7.80. The number of unbranched alkanes of at least 4 members (excludes halogenated alkanes) is 2. The van der Waals surface area contributed by atoms with Crippen LogP contribution in [0.3, 0.4) is 0 Å². The number of hydrogen-bond donors (Lipinski definition) is 0. The van der Waals surface area contributed by atoms with E-state index in [0.717, 1.165) is 36.8 Å². The van der Waals surface area contributed by atoms with Gasteiger partial charge in [0.15, 0.2) is 0 Å². The minimum Gasteiger partial charge on any atom is -0.477 e. The van der Waals surface area contributed by atoms with Crippen molar-refractivity contribution in [2.45, 2.75) is 66.2 Å². The fourth-order valence-corrected chi connectivity index (χ4v) is 2.76. The first-order chi connectivity index (χ1) is 14.0. The van der Waals surface area contributed by atoms with E-state index >= 15 is 0 Å². The van der Waals surface area contributed by atoms with Crippen molar-refractivity contribution in [3.8, 4) is 29.6 Å². The maximum absolute atomic E-state index is 9.25. The zero-order chi connectivity index (χ0) is 21.2. The molecular weight excluding hydrogens is 366 g/mol. The quantitative estimate of drug-likeness (QED) is 0.437. The highest BCUT2D eigenvalue weighted by atomic mass is 16.5. The van der Waals surface area contributed by atoms with Crippen LogP contribution in [0.25, 0.3) is 0 Å². The van der Waals surface area contributed by atoms with E-state index in [2.05, 4.69) is 29.9 Å². The van der Waals surface area contributed by atoms with E-state index < -0.39 is 0 Å². The highest BCUT2D eigenvalue weighted by Gasteiger charge is 2.22. The third kappa shape index (κ3) is 6.63. The van der Waals surface area contributed by atoms with E-state index in [4.69, 9.17) is 14.2 Å². The molecule has 0 fully saturated rings. The van der Waals surface area contributed by atoms with Gasteiger partial charge in [-0.3, -0.25) is 0 Å². The molecule has 156 valence electrons. The van der Waals surface area contributed by atoms with Gasteiger partial charge in [-0.1, -0.05) is 40.5 Å². The number of nitrogens with zero attached hydrogens (tertiary/aromatic N) is 3. The Bertz CT molecular complexity index is 844. The van der Waals surface area contributed by atoms with Crippen LogP contribution < -0.4 is 14.2 Å². The summed E-state index contributed by atoms with van der Waals surface area (Å²) in [5.41, 5.74) is 2.28. The molecule has 6 heteroatoms. The van der Waals surface area contributed by atoms with E-state index in [-0.39, 0.29) is 11.9 Å². The Morgan fingerprint density at radius 2 is 1.62 bits per heavy atom. The van der Waals surface area contributed by atoms with E-state index in [1.807, 2.05) is 32.9 Å². The van der Waals surface area contributed by atoms with E-state index in [0.29, 0.717) is 36.3 Å².